The van der Waals surface area contributed by atoms with Gasteiger partial charge in [-0.25, -0.2) is 9.50 Å². The Morgan fingerprint density at radius 2 is 2.17 bits per heavy atom. The van der Waals surface area contributed by atoms with Crippen LogP contribution >= 0.6 is 11.8 Å². The smallest absolute Gasteiger partial charge is 0.253 e. The van der Waals surface area contributed by atoms with E-state index >= 15 is 0 Å². The van der Waals surface area contributed by atoms with Crippen LogP contribution in [0.1, 0.15) is 40.5 Å². The van der Waals surface area contributed by atoms with Crippen molar-refractivity contribution in [3.63, 3.8) is 0 Å². The zero-order chi connectivity index (χ0) is 16.7. The Morgan fingerprint density at radius 3 is 3.00 bits per heavy atom. The lowest BCUT2D eigenvalue weighted by Crippen LogP contribution is -2.20. The number of benzene rings is 1. The van der Waals surface area contributed by atoms with Crippen LogP contribution < -0.4 is 0 Å². The molecule has 1 aliphatic rings. The normalized spacial score (nSPS) is 17.2. The first-order chi connectivity index (χ1) is 11.6. The van der Waals surface area contributed by atoms with Crippen LogP contribution in [0.4, 0.5) is 0 Å². The van der Waals surface area contributed by atoms with Crippen molar-refractivity contribution in [2.24, 2.45) is 5.92 Å². The second-order valence-electron chi connectivity index (χ2n) is 6.45. The lowest BCUT2D eigenvalue weighted by molar-refractivity contribution is 0.0951. The summed E-state index contributed by atoms with van der Waals surface area (Å²) in [4.78, 5) is 21.2. The van der Waals surface area contributed by atoms with E-state index in [0.717, 1.165) is 17.9 Å². The molecular weight excluding hydrogens is 320 g/mol. The van der Waals surface area contributed by atoms with Crippen LogP contribution in [0, 0.1) is 12.8 Å². The summed E-state index contributed by atoms with van der Waals surface area (Å²) in [7, 11) is 0. The number of aryl methyl sites for hydroxylation is 1. The third-order valence-electron chi connectivity index (χ3n) is 4.22. The minimum absolute atomic E-state index is 0.155. The predicted octanol–water partition coefficient (Wildman–Crippen LogP) is 3.49. The highest BCUT2D eigenvalue weighted by Gasteiger charge is 2.25. The van der Waals surface area contributed by atoms with Crippen LogP contribution in [0.15, 0.2) is 35.6 Å². The lowest BCUT2D eigenvalue weighted by atomic mass is 9.88. The van der Waals surface area contributed by atoms with Gasteiger partial charge in [-0.3, -0.25) is 4.79 Å². The summed E-state index contributed by atoms with van der Waals surface area (Å²) in [6.45, 7) is 4.17. The van der Waals surface area contributed by atoms with Gasteiger partial charge in [-0.15, -0.1) is 5.10 Å². The molecule has 0 spiro atoms. The molecule has 0 saturated carbocycles. The van der Waals surface area contributed by atoms with Gasteiger partial charge in [0.2, 0.25) is 5.16 Å². The largest absolute Gasteiger partial charge is 0.294 e. The Balaban J connectivity index is 1.60. The minimum atomic E-state index is 0.155. The first-order valence-electron chi connectivity index (χ1n) is 8.06. The Kier molecular flexibility index (Phi) is 3.84. The summed E-state index contributed by atoms with van der Waals surface area (Å²) in [5.41, 5.74) is 4.04. The van der Waals surface area contributed by atoms with Crippen molar-refractivity contribution in [1.29, 1.82) is 0 Å². The van der Waals surface area contributed by atoms with Gasteiger partial charge >= 0.3 is 0 Å². The first-order valence-corrected chi connectivity index (χ1v) is 9.05. The van der Waals surface area contributed by atoms with E-state index in [1.807, 2.05) is 0 Å². The monoisotopic (exact) mass is 338 g/mol. The summed E-state index contributed by atoms with van der Waals surface area (Å²) in [6, 6.07) is 8.42. The summed E-state index contributed by atoms with van der Waals surface area (Å²) in [6.07, 6.45) is 3.20. The van der Waals surface area contributed by atoms with E-state index < -0.39 is 0 Å². The molecule has 3 aromatic rings. The molecular formula is C18H18N4OS. The Labute approximate surface area is 144 Å². The number of hydrogen-bond acceptors (Lipinski definition) is 5. The molecule has 1 unspecified atom stereocenters. The number of nitrogens with zero attached hydrogens (tertiary/aromatic N) is 4. The van der Waals surface area contributed by atoms with Gasteiger partial charge in [-0.05, 0) is 24.8 Å². The zero-order valence-electron chi connectivity index (χ0n) is 13.7. The van der Waals surface area contributed by atoms with E-state index in [2.05, 4.69) is 53.2 Å². The Morgan fingerprint density at radius 1 is 1.29 bits per heavy atom. The predicted molar refractivity (Wildman–Crippen MR) is 93.3 cm³/mol. The molecule has 2 heterocycles. The lowest BCUT2D eigenvalue weighted by Gasteiger charge is -2.18. The highest BCUT2D eigenvalue weighted by molar-refractivity contribution is 7.98. The summed E-state index contributed by atoms with van der Waals surface area (Å²) in [5, 5.41) is 5.15. The number of aromatic nitrogens is 4. The topological polar surface area (TPSA) is 60.1 Å². The van der Waals surface area contributed by atoms with E-state index in [4.69, 9.17) is 0 Å². The van der Waals surface area contributed by atoms with Gasteiger partial charge in [-0.2, -0.15) is 4.98 Å². The molecule has 1 aromatic carbocycles. The van der Waals surface area contributed by atoms with Crippen LogP contribution in [-0.4, -0.2) is 25.4 Å². The van der Waals surface area contributed by atoms with Crippen LogP contribution in [0.3, 0.4) is 0 Å². The number of Topliss-reactive ketones (excluding diaryl/α,β-unsaturated/α-hetero) is 1. The molecule has 24 heavy (non-hydrogen) atoms. The molecule has 0 fully saturated rings. The highest BCUT2D eigenvalue weighted by atomic mass is 32.2. The maximum absolute atomic E-state index is 12.2. The fraction of sp³-hybridized carbons (Fsp3) is 0.333. The number of fused-ring (bicyclic) bond motifs is 2. The van der Waals surface area contributed by atoms with Gasteiger partial charge in [0.1, 0.15) is 0 Å². The van der Waals surface area contributed by atoms with Gasteiger partial charge in [0.15, 0.2) is 5.78 Å². The van der Waals surface area contributed by atoms with Crippen LogP contribution in [0.5, 0.6) is 0 Å². The van der Waals surface area contributed by atoms with Gasteiger partial charge < -0.3 is 0 Å². The Hall–Kier alpha value is -2.21. The van der Waals surface area contributed by atoms with Gasteiger partial charge in [-0.1, -0.05) is 48.5 Å². The summed E-state index contributed by atoms with van der Waals surface area (Å²) >= 11 is 1.58. The fourth-order valence-corrected chi connectivity index (χ4v) is 3.83. The zero-order valence-corrected chi connectivity index (χ0v) is 14.5. The molecule has 6 heteroatoms. The van der Waals surface area contributed by atoms with Gasteiger partial charge in [0.05, 0.1) is 11.3 Å². The molecule has 1 aliphatic carbocycles. The molecule has 5 nitrogen and oxygen atoms in total. The van der Waals surface area contributed by atoms with E-state index in [9.17, 15) is 4.79 Å². The van der Waals surface area contributed by atoms with Crippen molar-refractivity contribution >= 4 is 23.3 Å². The highest BCUT2D eigenvalue weighted by Crippen LogP contribution is 2.25. The molecule has 4 rings (SSSR count). The number of hydrogen-bond donors (Lipinski definition) is 0. The van der Waals surface area contributed by atoms with Crippen LogP contribution in [-0.2, 0) is 12.2 Å². The van der Waals surface area contributed by atoms with Crippen LogP contribution in [0.2, 0.25) is 0 Å². The summed E-state index contributed by atoms with van der Waals surface area (Å²) in [5.74, 6) is 1.89. The second-order valence-corrected chi connectivity index (χ2v) is 7.40. The number of ketones is 1. The average molecular weight is 338 g/mol. The number of rotatable bonds is 3. The molecule has 0 N–H and O–H groups in total. The molecule has 0 aliphatic heterocycles. The number of thioether (sulfide) groups is 1. The third kappa shape index (κ3) is 2.94. The van der Waals surface area contributed by atoms with Crippen LogP contribution in [0.25, 0.3) is 5.78 Å². The van der Waals surface area contributed by atoms with Crippen molar-refractivity contribution in [2.45, 2.75) is 37.6 Å². The Bertz CT molecular complexity index is 934. The third-order valence-corrected chi connectivity index (χ3v) is 5.13. The average Bonchev–Trinajstić information content (AvgIpc) is 2.93. The van der Waals surface area contributed by atoms with Crippen molar-refractivity contribution in [2.75, 3.05) is 0 Å². The quantitative estimate of drug-likeness (QED) is 0.684. The molecule has 0 radical (unpaired) electrons. The number of carbonyl (C=O) groups excluding carboxylic acids is 1. The van der Waals surface area contributed by atoms with Crippen molar-refractivity contribution < 1.29 is 4.79 Å². The SMILES string of the molecule is Cc1cccc(CSc2nc3nc4c(cn3n2)C(=O)CC(C)C4)c1. The first kappa shape index (κ1) is 15.3. The van der Waals surface area contributed by atoms with E-state index in [-0.39, 0.29) is 5.78 Å². The van der Waals surface area contributed by atoms with Gasteiger partial charge in [0.25, 0.3) is 5.78 Å². The van der Waals surface area contributed by atoms with Crippen molar-refractivity contribution in [3.05, 3.63) is 52.8 Å². The number of carbonyl (C=O) groups is 1. The molecule has 2 aromatic heterocycles. The molecule has 0 bridgehead atoms. The van der Waals surface area contributed by atoms with E-state index in [0.29, 0.717) is 28.8 Å². The van der Waals surface area contributed by atoms with Gasteiger partial charge in [0, 0.05) is 18.4 Å². The molecule has 1 atom stereocenters. The van der Waals surface area contributed by atoms with Crippen molar-refractivity contribution in [1.82, 2.24) is 19.6 Å². The minimum Gasteiger partial charge on any atom is -0.294 e. The second kappa shape index (κ2) is 6.02. The van der Waals surface area contributed by atoms with E-state index in [1.54, 1.807) is 22.5 Å². The maximum atomic E-state index is 12.2. The summed E-state index contributed by atoms with van der Waals surface area (Å²) < 4.78 is 1.63. The molecule has 0 saturated heterocycles. The standard InChI is InChI=1S/C18H18N4OS/c1-11-4-3-5-13(6-11)10-24-18-20-17-19-15-7-12(2)8-16(23)14(15)9-22(17)21-18/h3-6,9,12H,7-8,10H2,1-2H3. The molecule has 122 valence electrons. The maximum Gasteiger partial charge on any atom is 0.253 e. The van der Waals surface area contributed by atoms with Crippen molar-refractivity contribution in [3.8, 4) is 0 Å². The molecule has 0 amide bonds. The fourth-order valence-electron chi connectivity index (χ4n) is 3.06. The van der Waals surface area contributed by atoms with E-state index in [1.165, 1.54) is 11.1 Å².